The van der Waals surface area contributed by atoms with Crippen LogP contribution >= 0.6 is 0 Å². The summed E-state index contributed by atoms with van der Waals surface area (Å²) in [4.78, 5) is 11.8. The van der Waals surface area contributed by atoms with Crippen LogP contribution in [-0.4, -0.2) is 12.5 Å². The number of amides is 1. The average Bonchev–Trinajstić information content (AvgIpc) is 2.47. The second kappa shape index (κ2) is 6.28. The lowest BCUT2D eigenvalue weighted by molar-refractivity contribution is 0.0947. The van der Waals surface area contributed by atoms with Gasteiger partial charge in [-0.05, 0) is 29.7 Å². The fourth-order valence-corrected chi connectivity index (χ4v) is 1.91. The summed E-state index contributed by atoms with van der Waals surface area (Å²) in [6.45, 7) is 2.32. The molecular weight excluding hydrogens is 260 g/mol. The lowest BCUT2D eigenvalue weighted by Crippen LogP contribution is -2.28. The van der Waals surface area contributed by atoms with Gasteiger partial charge in [0.15, 0.2) is 0 Å². The van der Waals surface area contributed by atoms with Crippen molar-refractivity contribution >= 4 is 5.91 Å². The summed E-state index contributed by atoms with van der Waals surface area (Å²) >= 11 is 0. The number of benzene rings is 2. The Kier molecular flexibility index (Phi) is 4.45. The van der Waals surface area contributed by atoms with E-state index in [-0.39, 0.29) is 11.5 Å². The Labute approximate surface area is 116 Å². The van der Waals surface area contributed by atoms with Crippen molar-refractivity contribution in [3.63, 3.8) is 0 Å². The minimum Gasteiger partial charge on any atom is -0.351 e. The predicted molar refractivity (Wildman–Crippen MR) is 73.5 cm³/mol. The van der Waals surface area contributed by atoms with E-state index >= 15 is 0 Å². The van der Waals surface area contributed by atoms with Gasteiger partial charge in [0.2, 0.25) is 0 Å². The average molecular weight is 275 g/mol. The molecule has 20 heavy (non-hydrogen) atoms. The molecule has 2 aromatic rings. The fraction of sp³-hybridized carbons (Fsp3) is 0.188. The molecule has 2 aromatic carbocycles. The van der Waals surface area contributed by atoms with Crippen LogP contribution in [0.25, 0.3) is 0 Å². The third-order valence-corrected chi connectivity index (χ3v) is 3.11. The summed E-state index contributed by atoms with van der Waals surface area (Å²) in [5.74, 6) is -1.87. The van der Waals surface area contributed by atoms with Crippen molar-refractivity contribution < 1.29 is 13.6 Å². The summed E-state index contributed by atoms with van der Waals surface area (Å²) in [6.07, 6.45) is 0. The highest BCUT2D eigenvalue weighted by Gasteiger charge is 2.14. The van der Waals surface area contributed by atoms with Crippen LogP contribution in [0.5, 0.6) is 0 Å². The highest BCUT2D eigenvalue weighted by Crippen LogP contribution is 2.14. The summed E-state index contributed by atoms with van der Waals surface area (Å²) in [7, 11) is 0. The number of hydrogen-bond acceptors (Lipinski definition) is 1. The van der Waals surface area contributed by atoms with Gasteiger partial charge in [-0.25, -0.2) is 8.78 Å². The molecule has 1 atom stereocenters. The Morgan fingerprint density at radius 3 is 2.55 bits per heavy atom. The van der Waals surface area contributed by atoms with E-state index in [1.54, 1.807) is 0 Å². The lowest BCUT2D eigenvalue weighted by atomic mass is 10.0. The first-order chi connectivity index (χ1) is 9.58. The molecule has 0 fully saturated rings. The topological polar surface area (TPSA) is 29.1 Å². The number of hydrogen-bond donors (Lipinski definition) is 1. The van der Waals surface area contributed by atoms with E-state index in [2.05, 4.69) is 5.32 Å². The van der Waals surface area contributed by atoms with Crippen molar-refractivity contribution in [2.45, 2.75) is 12.8 Å². The summed E-state index contributed by atoms with van der Waals surface area (Å²) in [6, 6.07) is 12.5. The largest absolute Gasteiger partial charge is 0.351 e. The van der Waals surface area contributed by atoms with Gasteiger partial charge in [0.25, 0.3) is 5.91 Å². The Balaban J connectivity index is 2.00. The molecule has 1 amide bonds. The molecule has 0 saturated carbocycles. The van der Waals surface area contributed by atoms with Gasteiger partial charge < -0.3 is 5.32 Å². The van der Waals surface area contributed by atoms with Crippen molar-refractivity contribution in [3.05, 3.63) is 71.3 Å². The number of carbonyl (C=O) groups excluding carboxylic acids is 1. The van der Waals surface area contributed by atoms with Crippen LogP contribution in [0.3, 0.4) is 0 Å². The molecule has 0 heterocycles. The first-order valence-corrected chi connectivity index (χ1v) is 6.36. The maximum Gasteiger partial charge on any atom is 0.254 e. The van der Waals surface area contributed by atoms with Crippen molar-refractivity contribution in [3.8, 4) is 0 Å². The lowest BCUT2D eigenvalue weighted by Gasteiger charge is -2.13. The zero-order valence-electron chi connectivity index (χ0n) is 11.1. The Morgan fingerprint density at radius 2 is 1.85 bits per heavy atom. The maximum absolute atomic E-state index is 13.4. The van der Waals surface area contributed by atoms with Crippen molar-refractivity contribution in [1.29, 1.82) is 0 Å². The van der Waals surface area contributed by atoms with E-state index in [1.165, 1.54) is 0 Å². The zero-order chi connectivity index (χ0) is 14.5. The van der Waals surface area contributed by atoms with Gasteiger partial charge in [-0.2, -0.15) is 0 Å². The molecule has 0 radical (unpaired) electrons. The number of rotatable bonds is 4. The second-order valence-electron chi connectivity index (χ2n) is 4.65. The minimum absolute atomic E-state index is 0.0942. The van der Waals surface area contributed by atoms with Gasteiger partial charge in [0, 0.05) is 6.54 Å². The SMILES string of the molecule is CC(CNC(=O)c1cc(F)ccc1F)c1ccccc1. The summed E-state index contributed by atoms with van der Waals surface area (Å²) < 4.78 is 26.5. The van der Waals surface area contributed by atoms with Crippen LogP contribution in [-0.2, 0) is 0 Å². The van der Waals surface area contributed by atoms with E-state index in [9.17, 15) is 13.6 Å². The van der Waals surface area contributed by atoms with E-state index in [0.717, 1.165) is 23.8 Å². The molecule has 1 N–H and O–H groups in total. The number of carbonyl (C=O) groups is 1. The Bertz CT molecular complexity index is 599. The Morgan fingerprint density at radius 1 is 1.15 bits per heavy atom. The van der Waals surface area contributed by atoms with Crippen LogP contribution in [0.15, 0.2) is 48.5 Å². The van der Waals surface area contributed by atoms with Crippen LogP contribution in [0.2, 0.25) is 0 Å². The van der Waals surface area contributed by atoms with Crippen molar-refractivity contribution in [2.75, 3.05) is 6.54 Å². The van der Waals surface area contributed by atoms with Gasteiger partial charge in [0.1, 0.15) is 11.6 Å². The van der Waals surface area contributed by atoms with Crippen LogP contribution in [0, 0.1) is 11.6 Å². The number of halogens is 2. The van der Waals surface area contributed by atoms with Gasteiger partial charge in [-0.1, -0.05) is 37.3 Å². The van der Waals surface area contributed by atoms with Crippen molar-refractivity contribution in [1.82, 2.24) is 5.32 Å². The van der Waals surface area contributed by atoms with Crippen LogP contribution < -0.4 is 5.32 Å². The standard InChI is InChI=1S/C16H15F2NO/c1-11(12-5-3-2-4-6-12)10-19-16(20)14-9-13(17)7-8-15(14)18/h2-9,11H,10H2,1H3,(H,19,20). The first-order valence-electron chi connectivity index (χ1n) is 6.36. The normalized spacial score (nSPS) is 11.9. The highest BCUT2D eigenvalue weighted by molar-refractivity contribution is 5.94. The molecule has 4 heteroatoms. The maximum atomic E-state index is 13.4. The molecule has 0 aromatic heterocycles. The molecule has 0 aliphatic rings. The van der Waals surface area contributed by atoms with Crippen molar-refractivity contribution in [2.24, 2.45) is 0 Å². The fourth-order valence-electron chi connectivity index (χ4n) is 1.91. The van der Waals surface area contributed by atoms with E-state index in [1.807, 2.05) is 37.3 Å². The first kappa shape index (κ1) is 14.2. The van der Waals surface area contributed by atoms with Crippen LogP contribution in [0.1, 0.15) is 28.8 Å². The Hall–Kier alpha value is -2.23. The monoisotopic (exact) mass is 275 g/mol. The summed E-state index contributed by atoms with van der Waals surface area (Å²) in [5.41, 5.74) is 0.803. The molecule has 104 valence electrons. The smallest absolute Gasteiger partial charge is 0.254 e. The zero-order valence-corrected chi connectivity index (χ0v) is 11.1. The van der Waals surface area contributed by atoms with Gasteiger partial charge in [-0.3, -0.25) is 4.79 Å². The molecule has 2 rings (SSSR count). The van der Waals surface area contributed by atoms with Crippen LogP contribution in [0.4, 0.5) is 8.78 Å². The third-order valence-electron chi connectivity index (χ3n) is 3.11. The molecule has 0 spiro atoms. The van der Waals surface area contributed by atoms with Gasteiger partial charge in [0.05, 0.1) is 5.56 Å². The number of nitrogens with one attached hydrogen (secondary N) is 1. The molecule has 0 aliphatic heterocycles. The predicted octanol–water partition coefficient (Wildman–Crippen LogP) is 3.50. The molecule has 0 saturated heterocycles. The molecule has 0 aliphatic carbocycles. The van der Waals surface area contributed by atoms with Gasteiger partial charge in [-0.15, -0.1) is 0 Å². The summed E-state index contributed by atoms with van der Waals surface area (Å²) in [5, 5.41) is 2.62. The van der Waals surface area contributed by atoms with E-state index < -0.39 is 17.5 Å². The molecule has 2 nitrogen and oxygen atoms in total. The van der Waals surface area contributed by atoms with Gasteiger partial charge >= 0.3 is 0 Å². The molecule has 0 bridgehead atoms. The molecule has 1 unspecified atom stereocenters. The second-order valence-corrected chi connectivity index (χ2v) is 4.65. The quantitative estimate of drug-likeness (QED) is 0.909. The minimum atomic E-state index is -0.726. The van der Waals surface area contributed by atoms with E-state index in [4.69, 9.17) is 0 Å². The third kappa shape index (κ3) is 3.41. The van der Waals surface area contributed by atoms with E-state index in [0.29, 0.717) is 6.54 Å². The highest BCUT2D eigenvalue weighted by atomic mass is 19.1. The molecular formula is C16H15F2NO.